The van der Waals surface area contributed by atoms with Gasteiger partial charge in [-0.05, 0) is 63.1 Å². The molecule has 0 heterocycles. The quantitative estimate of drug-likeness (QED) is 0.445. The Morgan fingerprint density at radius 1 is 0.758 bits per heavy atom. The number of hydrogen-bond donors (Lipinski definition) is 1. The predicted octanol–water partition coefficient (Wildman–Crippen LogP) is 2.43. The Hall–Kier alpha value is -3.72. The number of aliphatic hydroxyl groups is 1. The van der Waals surface area contributed by atoms with Gasteiger partial charge in [0.05, 0.1) is 6.42 Å². The third kappa shape index (κ3) is 8.38. The van der Waals surface area contributed by atoms with E-state index >= 15 is 0 Å². The van der Waals surface area contributed by atoms with Crippen molar-refractivity contribution in [1.82, 2.24) is 0 Å². The van der Waals surface area contributed by atoms with E-state index < -0.39 is 48.6 Å². The van der Waals surface area contributed by atoms with Gasteiger partial charge in [0.15, 0.2) is 18.3 Å². The Balaban J connectivity index is 1.79. The minimum atomic E-state index is -1.90. The molecule has 3 atom stereocenters. The molecule has 0 bridgehead atoms. The lowest BCUT2D eigenvalue weighted by Gasteiger charge is -2.16. The fourth-order valence-corrected chi connectivity index (χ4v) is 2.59. The maximum Gasteiger partial charge on any atom is 0.352 e. The van der Waals surface area contributed by atoms with E-state index in [0.29, 0.717) is 0 Å². The first-order valence-electron chi connectivity index (χ1n) is 10.2. The van der Waals surface area contributed by atoms with E-state index in [2.05, 4.69) is 0 Å². The van der Waals surface area contributed by atoms with Gasteiger partial charge >= 0.3 is 23.9 Å². The maximum absolute atomic E-state index is 12.1. The molecule has 0 saturated carbocycles. The van der Waals surface area contributed by atoms with Crippen LogP contribution in [0.5, 0.6) is 11.5 Å². The Morgan fingerprint density at radius 2 is 1.21 bits per heavy atom. The van der Waals surface area contributed by atoms with Crippen molar-refractivity contribution in [2.45, 2.75) is 52.4 Å². The normalized spacial score (nSPS) is 13.2. The highest BCUT2D eigenvalue weighted by Gasteiger charge is 2.28. The third-order valence-corrected chi connectivity index (χ3v) is 4.31. The molecule has 0 spiro atoms. The largest absolute Gasteiger partial charge is 0.451 e. The van der Waals surface area contributed by atoms with Crippen molar-refractivity contribution in [3.8, 4) is 11.5 Å². The minimum Gasteiger partial charge on any atom is -0.451 e. The zero-order valence-electron chi connectivity index (χ0n) is 18.8. The topological polar surface area (TPSA) is 125 Å². The van der Waals surface area contributed by atoms with Gasteiger partial charge in [-0.1, -0.05) is 24.3 Å². The van der Waals surface area contributed by atoms with Crippen molar-refractivity contribution in [1.29, 1.82) is 0 Å². The molecule has 0 aliphatic heterocycles. The molecule has 2 aromatic rings. The molecule has 0 saturated heterocycles. The number of rotatable bonds is 9. The molecule has 33 heavy (non-hydrogen) atoms. The van der Waals surface area contributed by atoms with Crippen LogP contribution in [0.2, 0.25) is 0 Å². The van der Waals surface area contributed by atoms with Crippen LogP contribution in [-0.2, 0) is 28.7 Å². The average molecular weight is 458 g/mol. The molecule has 2 aromatic carbocycles. The number of carbonyl (C=O) groups excluding carboxylic acids is 4. The van der Waals surface area contributed by atoms with Crippen molar-refractivity contribution in [3.05, 3.63) is 59.7 Å². The van der Waals surface area contributed by atoms with Gasteiger partial charge in [-0.3, -0.25) is 4.79 Å². The highest BCUT2D eigenvalue weighted by Crippen LogP contribution is 2.15. The Labute approximate surface area is 191 Å². The summed E-state index contributed by atoms with van der Waals surface area (Å²) < 4.78 is 20.0. The first kappa shape index (κ1) is 25.5. The summed E-state index contributed by atoms with van der Waals surface area (Å²) in [6, 6.07) is 13.4. The van der Waals surface area contributed by atoms with E-state index in [9.17, 15) is 24.3 Å². The SMILES string of the molecule is Cc1cccc(OC(=O)C(C)OC(=O)CC(O)C(=O)OC(C)C(=O)Oc2cccc(C)c2)c1. The van der Waals surface area contributed by atoms with E-state index in [1.165, 1.54) is 13.8 Å². The van der Waals surface area contributed by atoms with Crippen LogP contribution >= 0.6 is 0 Å². The second-order valence-electron chi connectivity index (χ2n) is 7.41. The van der Waals surface area contributed by atoms with Crippen LogP contribution in [0.4, 0.5) is 0 Å². The van der Waals surface area contributed by atoms with E-state index in [1.54, 1.807) is 36.4 Å². The van der Waals surface area contributed by atoms with E-state index in [4.69, 9.17) is 18.9 Å². The molecule has 0 radical (unpaired) electrons. The average Bonchev–Trinajstić information content (AvgIpc) is 2.73. The summed E-state index contributed by atoms with van der Waals surface area (Å²) in [6.45, 7) is 6.21. The van der Waals surface area contributed by atoms with Gasteiger partial charge in [0.25, 0.3) is 0 Å². The predicted molar refractivity (Wildman–Crippen MR) is 115 cm³/mol. The second-order valence-corrected chi connectivity index (χ2v) is 7.41. The summed E-state index contributed by atoms with van der Waals surface area (Å²) in [5, 5.41) is 9.92. The molecule has 0 aliphatic carbocycles. The van der Waals surface area contributed by atoms with Crippen molar-refractivity contribution >= 4 is 23.9 Å². The van der Waals surface area contributed by atoms with Crippen LogP contribution in [0, 0.1) is 13.8 Å². The van der Waals surface area contributed by atoms with Crippen molar-refractivity contribution in [2.24, 2.45) is 0 Å². The molecular formula is C24H26O9. The van der Waals surface area contributed by atoms with Crippen LogP contribution in [-0.4, -0.2) is 47.3 Å². The molecular weight excluding hydrogens is 432 g/mol. The fourth-order valence-electron chi connectivity index (χ4n) is 2.59. The van der Waals surface area contributed by atoms with Gasteiger partial charge in [0, 0.05) is 0 Å². The van der Waals surface area contributed by atoms with E-state index in [-0.39, 0.29) is 11.5 Å². The van der Waals surface area contributed by atoms with Crippen LogP contribution < -0.4 is 9.47 Å². The molecule has 3 unspecified atom stereocenters. The van der Waals surface area contributed by atoms with Crippen LogP contribution in [0.25, 0.3) is 0 Å². The first-order valence-corrected chi connectivity index (χ1v) is 10.2. The molecule has 0 aliphatic rings. The van der Waals surface area contributed by atoms with Gasteiger partial charge in [-0.15, -0.1) is 0 Å². The third-order valence-electron chi connectivity index (χ3n) is 4.31. The summed E-state index contributed by atoms with van der Waals surface area (Å²) in [7, 11) is 0. The van der Waals surface area contributed by atoms with Crippen molar-refractivity contribution in [3.63, 3.8) is 0 Å². The van der Waals surface area contributed by atoms with Gasteiger partial charge in [-0.25, -0.2) is 14.4 Å². The van der Waals surface area contributed by atoms with Crippen molar-refractivity contribution < 1.29 is 43.2 Å². The number of hydrogen-bond acceptors (Lipinski definition) is 9. The molecule has 9 nitrogen and oxygen atoms in total. The number of aryl methyl sites for hydroxylation is 2. The smallest absolute Gasteiger partial charge is 0.352 e. The molecule has 9 heteroatoms. The molecule has 176 valence electrons. The number of aliphatic hydroxyl groups excluding tert-OH is 1. The van der Waals surface area contributed by atoms with Gasteiger partial charge in [0.2, 0.25) is 0 Å². The standard InChI is InChI=1S/C24H26O9/c1-14-7-5-9-18(11-14)32-22(27)16(3)30-21(26)13-20(25)24(29)31-17(4)23(28)33-19-10-6-8-15(2)12-19/h5-12,16-17,20,25H,13H2,1-4H3. The highest BCUT2D eigenvalue weighted by molar-refractivity contribution is 5.86. The summed E-state index contributed by atoms with van der Waals surface area (Å²) in [5.74, 6) is -3.34. The number of ether oxygens (including phenoxy) is 4. The van der Waals surface area contributed by atoms with E-state index in [0.717, 1.165) is 11.1 Å². The second kappa shape index (κ2) is 11.8. The van der Waals surface area contributed by atoms with E-state index in [1.807, 2.05) is 26.0 Å². The van der Waals surface area contributed by atoms with Crippen LogP contribution in [0.3, 0.4) is 0 Å². The Kier molecular flexibility index (Phi) is 9.11. The lowest BCUT2D eigenvalue weighted by Crippen LogP contribution is -2.35. The molecule has 0 amide bonds. The maximum atomic E-state index is 12.1. The number of esters is 4. The zero-order valence-corrected chi connectivity index (χ0v) is 18.8. The van der Waals surface area contributed by atoms with Crippen molar-refractivity contribution in [2.75, 3.05) is 0 Å². The number of benzene rings is 2. The Morgan fingerprint density at radius 3 is 1.67 bits per heavy atom. The zero-order chi connectivity index (χ0) is 24.5. The minimum absolute atomic E-state index is 0.276. The van der Waals surface area contributed by atoms with Crippen LogP contribution in [0.1, 0.15) is 31.4 Å². The fraction of sp³-hybridized carbons (Fsp3) is 0.333. The molecule has 2 rings (SSSR count). The van der Waals surface area contributed by atoms with Gasteiger partial charge in [0.1, 0.15) is 11.5 Å². The summed E-state index contributed by atoms with van der Waals surface area (Å²) in [4.78, 5) is 48.1. The lowest BCUT2D eigenvalue weighted by atomic mass is 10.2. The summed E-state index contributed by atoms with van der Waals surface area (Å²) >= 11 is 0. The summed E-state index contributed by atoms with van der Waals surface area (Å²) in [6.07, 6.45) is -5.27. The number of carbonyl (C=O) groups is 4. The highest BCUT2D eigenvalue weighted by atomic mass is 16.6. The van der Waals surface area contributed by atoms with Gasteiger partial charge < -0.3 is 24.1 Å². The molecule has 1 N–H and O–H groups in total. The first-order chi connectivity index (χ1) is 15.5. The monoisotopic (exact) mass is 458 g/mol. The summed E-state index contributed by atoms with van der Waals surface area (Å²) in [5.41, 5.74) is 1.75. The van der Waals surface area contributed by atoms with Crippen LogP contribution in [0.15, 0.2) is 48.5 Å². The molecule has 0 fully saturated rings. The molecule has 0 aromatic heterocycles. The lowest BCUT2D eigenvalue weighted by molar-refractivity contribution is -0.172. The Bertz CT molecular complexity index is 1010. The van der Waals surface area contributed by atoms with Gasteiger partial charge in [-0.2, -0.15) is 0 Å².